The van der Waals surface area contributed by atoms with Crippen molar-refractivity contribution in [2.75, 3.05) is 7.05 Å². The highest BCUT2D eigenvalue weighted by atomic mass is 19.1. The molecule has 0 aromatic heterocycles. The lowest BCUT2D eigenvalue weighted by Gasteiger charge is -2.32. The van der Waals surface area contributed by atoms with E-state index < -0.39 is 0 Å². The summed E-state index contributed by atoms with van der Waals surface area (Å²) in [4.78, 5) is 0. The third-order valence-electron chi connectivity index (χ3n) is 4.72. The molecule has 2 atom stereocenters. The smallest absolute Gasteiger partial charge is 0.126 e. The van der Waals surface area contributed by atoms with Gasteiger partial charge in [0.15, 0.2) is 0 Å². The van der Waals surface area contributed by atoms with Gasteiger partial charge in [-0.25, -0.2) is 4.39 Å². The lowest BCUT2D eigenvalue weighted by atomic mass is 9.78. The van der Waals surface area contributed by atoms with Crippen LogP contribution in [0.5, 0.6) is 0 Å². The van der Waals surface area contributed by atoms with Gasteiger partial charge >= 0.3 is 0 Å². The maximum atomic E-state index is 13.9. The van der Waals surface area contributed by atoms with Gasteiger partial charge < -0.3 is 5.32 Å². The Hall–Kier alpha value is -1.67. The van der Waals surface area contributed by atoms with E-state index in [4.69, 9.17) is 0 Å². The van der Waals surface area contributed by atoms with Crippen molar-refractivity contribution in [2.24, 2.45) is 5.92 Å². The van der Waals surface area contributed by atoms with E-state index in [0.29, 0.717) is 11.5 Å². The number of aryl methyl sites for hydroxylation is 2. The van der Waals surface area contributed by atoms with Crippen molar-refractivity contribution < 1.29 is 4.39 Å². The number of nitrogens with one attached hydrogen (secondary N) is 1. The van der Waals surface area contributed by atoms with E-state index in [1.165, 1.54) is 11.1 Å². The Balaban J connectivity index is 1.86. The maximum Gasteiger partial charge on any atom is 0.126 e. The van der Waals surface area contributed by atoms with Gasteiger partial charge in [0.25, 0.3) is 0 Å². The Morgan fingerprint density at radius 3 is 2.62 bits per heavy atom. The van der Waals surface area contributed by atoms with E-state index in [1.54, 1.807) is 6.07 Å². The van der Waals surface area contributed by atoms with Crippen molar-refractivity contribution >= 4 is 0 Å². The van der Waals surface area contributed by atoms with Gasteiger partial charge in [-0.15, -0.1) is 0 Å². The maximum absolute atomic E-state index is 13.9. The standard InChI is InChI=1S/C19H22FN/c1-13-7-8-17(12-18(13)20)19(21-2)16-10-9-14-5-3-4-6-15(14)11-16/h3-8,12,16,19,21H,9-11H2,1-2H3. The topological polar surface area (TPSA) is 12.0 Å². The summed E-state index contributed by atoms with van der Waals surface area (Å²) in [5.41, 5.74) is 4.69. The van der Waals surface area contributed by atoms with Crippen LogP contribution in [-0.2, 0) is 12.8 Å². The number of fused-ring (bicyclic) bond motifs is 1. The number of hydrogen-bond donors (Lipinski definition) is 1. The molecule has 0 heterocycles. The molecule has 0 aliphatic heterocycles. The first-order valence-electron chi connectivity index (χ1n) is 7.69. The fraction of sp³-hybridized carbons (Fsp3) is 0.368. The van der Waals surface area contributed by atoms with Gasteiger partial charge in [-0.3, -0.25) is 0 Å². The lowest BCUT2D eigenvalue weighted by molar-refractivity contribution is 0.341. The Morgan fingerprint density at radius 1 is 1.14 bits per heavy atom. The summed E-state index contributed by atoms with van der Waals surface area (Å²) >= 11 is 0. The number of hydrogen-bond acceptors (Lipinski definition) is 1. The molecule has 2 aromatic carbocycles. The summed E-state index contributed by atoms with van der Waals surface area (Å²) in [6.07, 6.45) is 3.34. The summed E-state index contributed by atoms with van der Waals surface area (Å²) in [6.45, 7) is 1.81. The molecule has 0 spiro atoms. The molecule has 1 aliphatic carbocycles. The molecule has 2 aromatic rings. The van der Waals surface area contributed by atoms with E-state index in [9.17, 15) is 4.39 Å². The third-order valence-corrected chi connectivity index (χ3v) is 4.72. The average Bonchev–Trinajstić information content (AvgIpc) is 2.51. The molecule has 1 nitrogen and oxygen atoms in total. The van der Waals surface area contributed by atoms with Crippen LogP contribution in [0.3, 0.4) is 0 Å². The van der Waals surface area contributed by atoms with Crippen molar-refractivity contribution in [3.05, 3.63) is 70.5 Å². The molecular weight excluding hydrogens is 261 g/mol. The van der Waals surface area contributed by atoms with E-state index in [-0.39, 0.29) is 11.9 Å². The van der Waals surface area contributed by atoms with Gasteiger partial charge in [-0.2, -0.15) is 0 Å². The number of halogens is 1. The molecule has 0 radical (unpaired) electrons. The minimum absolute atomic E-state index is 0.107. The van der Waals surface area contributed by atoms with E-state index in [2.05, 4.69) is 35.6 Å². The predicted molar refractivity (Wildman–Crippen MR) is 84.9 cm³/mol. The van der Waals surface area contributed by atoms with Crippen LogP contribution in [0.1, 0.15) is 34.7 Å². The van der Waals surface area contributed by atoms with Crippen LogP contribution in [0.25, 0.3) is 0 Å². The van der Waals surface area contributed by atoms with Gasteiger partial charge in [-0.05, 0) is 67.5 Å². The molecule has 0 saturated carbocycles. The second-order valence-electron chi connectivity index (χ2n) is 6.05. The summed E-state index contributed by atoms with van der Waals surface area (Å²) in [6, 6.07) is 14.5. The third kappa shape index (κ3) is 2.86. The summed E-state index contributed by atoms with van der Waals surface area (Å²) in [5.74, 6) is 0.413. The van der Waals surface area contributed by atoms with Crippen molar-refractivity contribution in [1.82, 2.24) is 5.32 Å². The quantitative estimate of drug-likeness (QED) is 0.890. The van der Waals surface area contributed by atoms with Crippen LogP contribution < -0.4 is 5.32 Å². The van der Waals surface area contributed by atoms with Crippen molar-refractivity contribution in [2.45, 2.75) is 32.2 Å². The molecule has 0 bridgehead atoms. The number of benzene rings is 2. The fourth-order valence-corrected chi connectivity index (χ4v) is 3.49. The largest absolute Gasteiger partial charge is 0.313 e. The molecule has 0 amide bonds. The van der Waals surface area contributed by atoms with Gasteiger partial charge in [0.1, 0.15) is 5.82 Å². The first kappa shape index (κ1) is 14.3. The van der Waals surface area contributed by atoms with Crippen LogP contribution >= 0.6 is 0 Å². The van der Waals surface area contributed by atoms with Crippen LogP contribution in [0, 0.1) is 18.7 Å². The average molecular weight is 283 g/mol. The highest BCUT2D eigenvalue weighted by Crippen LogP contribution is 2.34. The monoisotopic (exact) mass is 283 g/mol. The Kier molecular flexibility index (Phi) is 4.07. The summed E-state index contributed by atoms with van der Waals surface area (Å²) in [7, 11) is 1.98. The van der Waals surface area contributed by atoms with Gasteiger partial charge in [0.05, 0.1) is 0 Å². The van der Waals surface area contributed by atoms with Crippen LogP contribution in [0.15, 0.2) is 42.5 Å². The van der Waals surface area contributed by atoms with E-state index >= 15 is 0 Å². The number of rotatable bonds is 3. The van der Waals surface area contributed by atoms with Gasteiger partial charge in [-0.1, -0.05) is 36.4 Å². The van der Waals surface area contributed by atoms with Crippen LogP contribution in [0.4, 0.5) is 4.39 Å². The zero-order valence-electron chi connectivity index (χ0n) is 12.7. The molecular formula is C19H22FN. The van der Waals surface area contributed by atoms with Gasteiger partial charge in [0, 0.05) is 6.04 Å². The Bertz CT molecular complexity index is 635. The predicted octanol–water partition coefficient (Wildman–Crippen LogP) is 4.20. The fourth-order valence-electron chi connectivity index (χ4n) is 3.49. The highest BCUT2D eigenvalue weighted by Gasteiger charge is 2.26. The SMILES string of the molecule is CNC(c1ccc(C)c(F)c1)C1CCc2ccccc2C1. The molecule has 1 N–H and O–H groups in total. The summed E-state index contributed by atoms with van der Waals surface area (Å²) < 4.78 is 13.9. The van der Waals surface area contributed by atoms with Crippen molar-refractivity contribution in [3.63, 3.8) is 0 Å². The molecule has 0 fully saturated rings. The Labute approximate surface area is 126 Å². The van der Waals surface area contributed by atoms with Crippen molar-refractivity contribution in [1.29, 1.82) is 0 Å². The second kappa shape index (κ2) is 5.98. The second-order valence-corrected chi connectivity index (χ2v) is 6.05. The zero-order valence-corrected chi connectivity index (χ0v) is 12.7. The van der Waals surface area contributed by atoms with E-state index in [0.717, 1.165) is 24.8 Å². The Morgan fingerprint density at radius 2 is 1.90 bits per heavy atom. The molecule has 2 heteroatoms. The van der Waals surface area contributed by atoms with Crippen LogP contribution in [-0.4, -0.2) is 7.05 Å². The normalized spacial score (nSPS) is 19.1. The molecule has 3 rings (SSSR count). The minimum Gasteiger partial charge on any atom is -0.313 e. The van der Waals surface area contributed by atoms with E-state index in [1.807, 2.05) is 20.0 Å². The first-order chi connectivity index (χ1) is 10.2. The molecule has 110 valence electrons. The first-order valence-corrected chi connectivity index (χ1v) is 7.69. The zero-order chi connectivity index (χ0) is 14.8. The van der Waals surface area contributed by atoms with Gasteiger partial charge in [0.2, 0.25) is 0 Å². The van der Waals surface area contributed by atoms with Crippen LogP contribution in [0.2, 0.25) is 0 Å². The summed E-state index contributed by atoms with van der Waals surface area (Å²) in [5, 5.41) is 3.40. The lowest BCUT2D eigenvalue weighted by Crippen LogP contribution is -2.29. The molecule has 1 aliphatic rings. The molecule has 0 saturated heterocycles. The molecule has 2 unspecified atom stereocenters. The highest BCUT2D eigenvalue weighted by molar-refractivity contribution is 5.32. The van der Waals surface area contributed by atoms with Crippen molar-refractivity contribution in [3.8, 4) is 0 Å². The minimum atomic E-state index is -0.107. The molecule has 21 heavy (non-hydrogen) atoms.